The van der Waals surface area contributed by atoms with Gasteiger partial charge in [0.2, 0.25) is 0 Å². The van der Waals surface area contributed by atoms with Gasteiger partial charge in [-0.15, -0.1) is 0 Å². The van der Waals surface area contributed by atoms with Gasteiger partial charge in [-0.3, -0.25) is 0 Å². The van der Waals surface area contributed by atoms with Crippen molar-refractivity contribution in [1.82, 2.24) is 10.6 Å². The van der Waals surface area contributed by atoms with Gasteiger partial charge in [0.25, 0.3) is 0 Å². The molecule has 0 aliphatic rings. The molecule has 0 radical (unpaired) electrons. The summed E-state index contributed by atoms with van der Waals surface area (Å²) in [4.78, 5) is 11.8. The zero-order valence-electron chi connectivity index (χ0n) is 15.4. The van der Waals surface area contributed by atoms with Crippen molar-refractivity contribution >= 4 is 17.6 Å². The Morgan fingerprint density at radius 3 is 2.42 bits per heavy atom. The number of benzene rings is 2. The molecule has 2 amide bonds. The maximum absolute atomic E-state index is 11.8. The summed E-state index contributed by atoms with van der Waals surface area (Å²) in [6.45, 7) is 5.25. The predicted molar refractivity (Wildman–Crippen MR) is 105 cm³/mol. The van der Waals surface area contributed by atoms with Crippen LogP contribution in [0.1, 0.15) is 16.7 Å². The molecular weight excluding hydrogens is 352 g/mol. The Kier molecular flexibility index (Phi) is 7.60. The molecule has 0 fully saturated rings. The van der Waals surface area contributed by atoms with Crippen LogP contribution in [0, 0.1) is 13.8 Å². The van der Waals surface area contributed by atoms with Crippen molar-refractivity contribution in [3.8, 4) is 11.5 Å². The molecule has 2 aromatic carbocycles. The van der Waals surface area contributed by atoms with Crippen molar-refractivity contribution < 1.29 is 14.3 Å². The van der Waals surface area contributed by atoms with E-state index in [0.717, 1.165) is 39.6 Å². The molecule has 26 heavy (non-hydrogen) atoms. The van der Waals surface area contributed by atoms with E-state index in [-0.39, 0.29) is 6.03 Å². The average Bonchev–Trinajstić information content (AvgIpc) is 2.63. The molecule has 6 heteroatoms. The van der Waals surface area contributed by atoms with Crippen molar-refractivity contribution in [2.45, 2.75) is 20.3 Å². The number of amides is 2. The van der Waals surface area contributed by atoms with Crippen LogP contribution in [0.2, 0.25) is 5.02 Å². The Morgan fingerprint density at radius 2 is 1.73 bits per heavy atom. The van der Waals surface area contributed by atoms with Crippen molar-refractivity contribution in [3.05, 3.63) is 58.1 Å². The number of nitrogens with one attached hydrogen (secondary N) is 2. The third-order valence-corrected chi connectivity index (χ3v) is 4.50. The molecule has 0 aliphatic heterocycles. The summed E-state index contributed by atoms with van der Waals surface area (Å²) >= 11 is 6.13. The first-order valence-corrected chi connectivity index (χ1v) is 8.91. The van der Waals surface area contributed by atoms with E-state index < -0.39 is 0 Å². The topological polar surface area (TPSA) is 59.6 Å². The van der Waals surface area contributed by atoms with Gasteiger partial charge in [0.15, 0.2) is 0 Å². The Balaban J connectivity index is 1.64. The molecule has 0 saturated heterocycles. The molecule has 140 valence electrons. The summed E-state index contributed by atoms with van der Waals surface area (Å²) in [5.41, 5.74) is 3.07. The smallest absolute Gasteiger partial charge is 0.314 e. The van der Waals surface area contributed by atoms with Gasteiger partial charge in [-0.1, -0.05) is 23.7 Å². The van der Waals surface area contributed by atoms with E-state index in [1.165, 1.54) is 0 Å². The number of hydrogen-bond acceptors (Lipinski definition) is 3. The number of urea groups is 1. The van der Waals surface area contributed by atoms with E-state index >= 15 is 0 Å². The number of carbonyl (C=O) groups is 1. The largest absolute Gasteiger partial charge is 0.497 e. The lowest BCUT2D eigenvalue weighted by Gasteiger charge is -2.11. The molecule has 0 bridgehead atoms. The Labute approximate surface area is 159 Å². The van der Waals surface area contributed by atoms with Crippen LogP contribution < -0.4 is 20.1 Å². The molecule has 0 spiro atoms. The highest BCUT2D eigenvalue weighted by molar-refractivity contribution is 6.32. The maximum Gasteiger partial charge on any atom is 0.314 e. The van der Waals surface area contributed by atoms with Crippen LogP contribution >= 0.6 is 11.6 Å². The second-order valence-electron chi connectivity index (χ2n) is 6.00. The van der Waals surface area contributed by atoms with Crippen molar-refractivity contribution in [2.75, 3.05) is 26.8 Å². The lowest BCUT2D eigenvalue weighted by atomic mass is 10.1. The molecule has 5 nitrogen and oxygen atoms in total. The molecular formula is C20H25ClN2O3. The van der Waals surface area contributed by atoms with Gasteiger partial charge in [-0.05, 0) is 61.2 Å². The first kappa shape index (κ1) is 19.9. The fourth-order valence-corrected chi connectivity index (χ4v) is 2.64. The minimum atomic E-state index is -0.208. The van der Waals surface area contributed by atoms with Crippen LogP contribution in [0.3, 0.4) is 0 Å². The van der Waals surface area contributed by atoms with Gasteiger partial charge in [0, 0.05) is 11.6 Å². The van der Waals surface area contributed by atoms with Crippen LogP contribution in [0.25, 0.3) is 0 Å². The van der Waals surface area contributed by atoms with Crippen LogP contribution in [-0.2, 0) is 6.42 Å². The zero-order chi connectivity index (χ0) is 18.9. The Morgan fingerprint density at radius 1 is 1.04 bits per heavy atom. The number of aryl methyl sites for hydroxylation is 2. The summed E-state index contributed by atoms with van der Waals surface area (Å²) in [5, 5.41) is 6.36. The molecule has 2 aromatic rings. The summed E-state index contributed by atoms with van der Waals surface area (Å²) < 4.78 is 10.8. The number of hydrogen-bond donors (Lipinski definition) is 2. The minimum absolute atomic E-state index is 0.208. The first-order chi connectivity index (χ1) is 12.5. The van der Waals surface area contributed by atoms with Gasteiger partial charge >= 0.3 is 6.03 Å². The Hall–Kier alpha value is -2.40. The van der Waals surface area contributed by atoms with E-state index in [9.17, 15) is 4.79 Å². The van der Waals surface area contributed by atoms with Crippen molar-refractivity contribution in [2.24, 2.45) is 0 Å². The highest BCUT2D eigenvalue weighted by Gasteiger charge is 2.04. The van der Waals surface area contributed by atoms with Gasteiger partial charge in [-0.2, -0.15) is 0 Å². The number of ether oxygens (including phenoxy) is 2. The average molecular weight is 377 g/mol. The lowest BCUT2D eigenvalue weighted by Crippen LogP contribution is -2.38. The predicted octanol–water partition coefficient (Wildman–Crippen LogP) is 3.89. The molecule has 0 atom stereocenters. The third-order valence-electron chi connectivity index (χ3n) is 3.90. The lowest BCUT2D eigenvalue weighted by molar-refractivity contribution is 0.236. The number of methoxy groups -OCH3 is 1. The molecule has 0 heterocycles. The second kappa shape index (κ2) is 9.92. The van der Waals surface area contributed by atoms with E-state index in [1.54, 1.807) is 7.11 Å². The van der Waals surface area contributed by atoms with Crippen molar-refractivity contribution in [1.29, 1.82) is 0 Å². The molecule has 0 aliphatic carbocycles. The second-order valence-corrected chi connectivity index (χ2v) is 6.38. The van der Waals surface area contributed by atoms with Crippen LogP contribution in [0.5, 0.6) is 11.5 Å². The standard InChI is InChI=1S/C20H25ClN2O3/c1-14-11-18(12-15(2)19(14)21)26-10-9-23-20(24)22-8-7-16-5-4-6-17(13-16)25-3/h4-6,11-13H,7-10H2,1-3H3,(H2,22,23,24). The van der Waals surface area contributed by atoms with E-state index in [4.69, 9.17) is 21.1 Å². The molecule has 0 aromatic heterocycles. The normalized spacial score (nSPS) is 10.3. The molecule has 0 saturated carbocycles. The zero-order valence-corrected chi connectivity index (χ0v) is 16.2. The van der Waals surface area contributed by atoms with E-state index in [2.05, 4.69) is 10.6 Å². The first-order valence-electron chi connectivity index (χ1n) is 8.54. The number of rotatable bonds is 8. The van der Waals surface area contributed by atoms with E-state index in [1.807, 2.05) is 50.2 Å². The van der Waals surface area contributed by atoms with E-state index in [0.29, 0.717) is 19.7 Å². The summed E-state index contributed by atoms with van der Waals surface area (Å²) in [6.07, 6.45) is 0.741. The van der Waals surface area contributed by atoms with Gasteiger partial charge in [0.05, 0.1) is 13.7 Å². The van der Waals surface area contributed by atoms with Crippen LogP contribution in [0.4, 0.5) is 4.79 Å². The minimum Gasteiger partial charge on any atom is -0.497 e. The molecule has 2 N–H and O–H groups in total. The fraction of sp³-hybridized carbons (Fsp3) is 0.350. The summed E-state index contributed by atoms with van der Waals surface area (Å²) in [6, 6.07) is 11.4. The number of carbonyl (C=O) groups excluding carboxylic acids is 1. The molecule has 2 rings (SSSR count). The highest BCUT2D eigenvalue weighted by Crippen LogP contribution is 2.25. The van der Waals surface area contributed by atoms with Crippen LogP contribution in [-0.4, -0.2) is 32.8 Å². The van der Waals surface area contributed by atoms with Gasteiger partial charge in [0.1, 0.15) is 18.1 Å². The van der Waals surface area contributed by atoms with Gasteiger partial charge in [-0.25, -0.2) is 4.79 Å². The van der Waals surface area contributed by atoms with Crippen molar-refractivity contribution in [3.63, 3.8) is 0 Å². The molecule has 0 unspecified atom stereocenters. The van der Waals surface area contributed by atoms with Crippen LogP contribution in [0.15, 0.2) is 36.4 Å². The summed E-state index contributed by atoms with van der Waals surface area (Å²) in [5.74, 6) is 1.57. The maximum atomic E-state index is 11.8. The highest BCUT2D eigenvalue weighted by atomic mass is 35.5. The Bertz CT molecular complexity index is 727. The third kappa shape index (κ3) is 6.15. The van der Waals surface area contributed by atoms with Gasteiger partial charge < -0.3 is 20.1 Å². The summed E-state index contributed by atoms with van der Waals surface area (Å²) in [7, 11) is 1.64. The monoisotopic (exact) mass is 376 g/mol. The fourth-order valence-electron chi connectivity index (χ4n) is 2.53. The number of halogens is 1. The SMILES string of the molecule is COc1cccc(CCNC(=O)NCCOc2cc(C)c(Cl)c(C)c2)c1. The quantitative estimate of drug-likeness (QED) is 0.687.